The van der Waals surface area contributed by atoms with E-state index in [0.29, 0.717) is 0 Å². The monoisotopic (exact) mass is 228 g/mol. The van der Waals surface area contributed by atoms with Crippen molar-refractivity contribution in [1.29, 1.82) is 0 Å². The minimum atomic E-state index is 0.757. The van der Waals surface area contributed by atoms with Crippen LogP contribution in [0.15, 0.2) is 28.9 Å². The number of nitrogens with one attached hydrogen (secondary N) is 2. The molecule has 5 heteroatoms. The Morgan fingerprint density at radius 3 is 2.94 bits per heavy atom. The Balaban J connectivity index is 2.14. The molecular weight excluding hydrogens is 216 g/mol. The van der Waals surface area contributed by atoms with Gasteiger partial charge < -0.3 is 14.8 Å². The molecule has 0 atom stereocenters. The first-order valence-electron chi connectivity index (χ1n) is 5.37. The van der Waals surface area contributed by atoms with Crippen LogP contribution < -0.4 is 5.32 Å². The molecule has 0 bridgehead atoms. The highest BCUT2D eigenvalue weighted by molar-refractivity contribution is 5.90. The summed E-state index contributed by atoms with van der Waals surface area (Å²) in [5.41, 5.74) is 2.78. The van der Waals surface area contributed by atoms with Gasteiger partial charge in [0.25, 0.3) is 0 Å². The fourth-order valence-electron chi connectivity index (χ4n) is 1.85. The van der Waals surface area contributed by atoms with E-state index in [2.05, 4.69) is 20.4 Å². The van der Waals surface area contributed by atoms with Crippen molar-refractivity contribution in [3.63, 3.8) is 0 Å². The van der Waals surface area contributed by atoms with Gasteiger partial charge in [-0.15, -0.1) is 0 Å². The van der Waals surface area contributed by atoms with E-state index in [4.69, 9.17) is 4.52 Å². The summed E-state index contributed by atoms with van der Waals surface area (Å²) in [6.07, 6.45) is 1.81. The second-order valence-corrected chi connectivity index (χ2v) is 3.87. The maximum Gasteiger partial charge on any atom is 0.177 e. The van der Waals surface area contributed by atoms with Crippen LogP contribution >= 0.6 is 0 Å². The van der Waals surface area contributed by atoms with Crippen molar-refractivity contribution in [2.45, 2.75) is 6.92 Å². The maximum atomic E-state index is 5.26. The molecule has 17 heavy (non-hydrogen) atoms. The molecule has 0 aliphatic rings. The van der Waals surface area contributed by atoms with Crippen LogP contribution in [0.5, 0.6) is 0 Å². The highest BCUT2D eigenvalue weighted by Gasteiger charge is 2.08. The van der Waals surface area contributed by atoms with Crippen LogP contribution in [0.3, 0.4) is 0 Å². The molecule has 0 unspecified atom stereocenters. The number of benzene rings is 1. The molecule has 0 aliphatic carbocycles. The van der Waals surface area contributed by atoms with Crippen LogP contribution in [0, 0.1) is 6.92 Å². The predicted molar refractivity (Wildman–Crippen MR) is 65.9 cm³/mol. The number of aromatic nitrogens is 3. The molecule has 5 nitrogen and oxygen atoms in total. The van der Waals surface area contributed by atoms with E-state index in [9.17, 15) is 0 Å². The van der Waals surface area contributed by atoms with E-state index in [-0.39, 0.29) is 0 Å². The van der Waals surface area contributed by atoms with Crippen molar-refractivity contribution in [2.24, 2.45) is 0 Å². The van der Waals surface area contributed by atoms with E-state index in [1.54, 1.807) is 0 Å². The smallest absolute Gasteiger partial charge is 0.177 e. The molecule has 2 aromatic heterocycles. The molecule has 86 valence electrons. The molecular formula is C12H12N4O. The molecule has 0 fully saturated rings. The first-order valence-corrected chi connectivity index (χ1v) is 5.37. The number of hydrogen-bond donors (Lipinski definition) is 2. The molecule has 3 aromatic rings. The molecule has 2 heterocycles. The van der Waals surface area contributed by atoms with Crippen LogP contribution in [0.1, 0.15) is 5.82 Å². The zero-order chi connectivity index (χ0) is 11.8. The highest BCUT2D eigenvalue weighted by atomic mass is 16.5. The van der Waals surface area contributed by atoms with Crippen LogP contribution in [-0.2, 0) is 0 Å². The minimum absolute atomic E-state index is 0.757. The molecule has 3 rings (SSSR count). The third kappa shape index (κ3) is 1.56. The van der Waals surface area contributed by atoms with Crippen molar-refractivity contribution in [1.82, 2.24) is 15.1 Å². The molecule has 0 saturated heterocycles. The van der Waals surface area contributed by atoms with Gasteiger partial charge in [-0.05, 0) is 19.1 Å². The van der Waals surface area contributed by atoms with Crippen molar-refractivity contribution in [3.8, 4) is 11.3 Å². The van der Waals surface area contributed by atoms with E-state index >= 15 is 0 Å². The summed E-state index contributed by atoms with van der Waals surface area (Å²) in [4.78, 5) is 7.37. The van der Waals surface area contributed by atoms with Gasteiger partial charge >= 0.3 is 0 Å². The maximum absolute atomic E-state index is 5.26. The van der Waals surface area contributed by atoms with Crippen molar-refractivity contribution in [3.05, 3.63) is 30.2 Å². The lowest BCUT2D eigenvalue weighted by Gasteiger charge is -1.97. The van der Waals surface area contributed by atoms with Gasteiger partial charge in [-0.2, -0.15) is 0 Å². The number of aryl methyl sites for hydroxylation is 1. The van der Waals surface area contributed by atoms with Crippen LogP contribution in [0.2, 0.25) is 0 Å². The van der Waals surface area contributed by atoms with E-state index < -0.39 is 0 Å². The zero-order valence-corrected chi connectivity index (χ0v) is 9.61. The lowest BCUT2D eigenvalue weighted by molar-refractivity contribution is 0.460. The molecule has 0 saturated carbocycles. The van der Waals surface area contributed by atoms with Crippen molar-refractivity contribution < 1.29 is 4.52 Å². The second-order valence-electron chi connectivity index (χ2n) is 3.87. The Kier molecular flexibility index (Phi) is 2.11. The Morgan fingerprint density at radius 2 is 2.24 bits per heavy atom. The number of rotatable bonds is 2. The normalized spacial score (nSPS) is 10.9. The Bertz CT molecular complexity index is 668. The number of imidazole rings is 1. The largest absolute Gasteiger partial charge is 0.370 e. The summed E-state index contributed by atoms with van der Waals surface area (Å²) in [5, 5.41) is 7.91. The fourth-order valence-corrected chi connectivity index (χ4v) is 1.85. The van der Waals surface area contributed by atoms with Gasteiger partial charge in [0, 0.05) is 12.6 Å². The van der Waals surface area contributed by atoms with Gasteiger partial charge in [0.15, 0.2) is 11.4 Å². The van der Waals surface area contributed by atoms with Crippen molar-refractivity contribution in [2.75, 3.05) is 12.4 Å². The van der Waals surface area contributed by atoms with Crippen LogP contribution in [0.25, 0.3) is 22.2 Å². The molecule has 0 amide bonds. The molecule has 0 aliphatic heterocycles. The summed E-state index contributed by atoms with van der Waals surface area (Å²) in [5.74, 6) is 1.65. The fraction of sp³-hybridized carbons (Fsp3) is 0.167. The number of H-pyrrole nitrogens is 1. The summed E-state index contributed by atoms with van der Waals surface area (Å²) in [7, 11) is 1.82. The highest BCUT2D eigenvalue weighted by Crippen LogP contribution is 2.27. The number of hydrogen-bond acceptors (Lipinski definition) is 4. The first-order chi connectivity index (χ1) is 8.28. The third-order valence-electron chi connectivity index (χ3n) is 2.72. The summed E-state index contributed by atoms with van der Waals surface area (Å²) < 4.78 is 5.26. The minimum Gasteiger partial charge on any atom is -0.370 e. The molecule has 2 N–H and O–H groups in total. The summed E-state index contributed by atoms with van der Waals surface area (Å²) >= 11 is 0. The topological polar surface area (TPSA) is 66.7 Å². The number of aromatic amines is 1. The third-order valence-corrected chi connectivity index (χ3v) is 2.72. The molecule has 0 radical (unpaired) electrons. The van der Waals surface area contributed by atoms with Gasteiger partial charge in [-0.1, -0.05) is 11.2 Å². The van der Waals surface area contributed by atoms with Gasteiger partial charge in [-0.3, -0.25) is 0 Å². The number of anilines is 1. The average molecular weight is 228 g/mol. The lowest BCUT2D eigenvalue weighted by Crippen LogP contribution is -1.87. The Hall–Kier alpha value is -2.30. The summed E-state index contributed by atoms with van der Waals surface area (Å²) in [6.45, 7) is 1.93. The lowest BCUT2D eigenvalue weighted by atomic mass is 10.1. The molecule has 0 spiro atoms. The van der Waals surface area contributed by atoms with E-state index in [0.717, 1.165) is 33.9 Å². The molecule has 1 aromatic carbocycles. The van der Waals surface area contributed by atoms with Crippen molar-refractivity contribution >= 4 is 16.8 Å². The standard InChI is InChI=1S/C12H12N4O/c1-7-14-6-10(15-7)8-3-4-9-11(5-8)17-16-12(9)13-2/h3-6H,1-2H3,(H,13,16)(H,14,15). The SMILES string of the molecule is CNc1noc2cc(-c3cnc(C)[nH]3)ccc12. The Labute approximate surface area is 97.8 Å². The Morgan fingerprint density at radius 1 is 1.35 bits per heavy atom. The van der Waals surface area contributed by atoms with Gasteiger partial charge in [0.1, 0.15) is 5.82 Å². The second kappa shape index (κ2) is 3.62. The predicted octanol–water partition coefficient (Wildman–Crippen LogP) is 2.57. The van der Waals surface area contributed by atoms with Gasteiger partial charge in [-0.25, -0.2) is 4.98 Å². The first kappa shape index (κ1) is 9.89. The number of nitrogens with zero attached hydrogens (tertiary/aromatic N) is 2. The van der Waals surface area contributed by atoms with Crippen LogP contribution in [-0.4, -0.2) is 22.2 Å². The van der Waals surface area contributed by atoms with E-state index in [1.807, 2.05) is 38.4 Å². The number of fused-ring (bicyclic) bond motifs is 1. The van der Waals surface area contributed by atoms with Gasteiger partial charge in [0.2, 0.25) is 0 Å². The zero-order valence-electron chi connectivity index (χ0n) is 9.61. The average Bonchev–Trinajstić information content (AvgIpc) is 2.94. The van der Waals surface area contributed by atoms with E-state index in [1.165, 1.54) is 0 Å². The summed E-state index contributed by atoms with van der Waals surface area (Å²) in [6, 6.07) is 5.96. The van der Waals surface area contributed by atoms with Crippen LogP contribution in [0.4, 0.5) is 5.82 Å². The quantitative estimate of drug-likeness (QED) is 0.707. The van der Waals surface area contributed by atoms with Gasteiger partial charge in [0.05, 0.1) is 17.3 Å².